The largest absolute Gasteiger partial charge is 0.355 e. The molecule has 0 atom stereocenters. The Morgan fingerprint density at radius 2 is 2.00 bits per heavy atom. The van der Waals surface area contributed by atoms with Crippen molar-refractivity contribution in [3.8, 4) is 0 Å². The highest BCUT2D eigenvalue weighted by Gasteiger charge is 1.96. The van der Waals surface area contributed by atoms with Gasteiger partial charge in [0.05, 0.1) is 6.42 Å². The van der Waals surface area contributed by atoms with Crippen LogP contribution in [0.1, 0.15) is 19.3 Å². The van der Waals surface area contributed by atoms with Crippen molar-refractivity contribution in [3.63, 3.8) is 0 Å². The summed E-state index contributed by atoms with van der Waals surface area (Å²) in [6, 6.07) is 0. The number of carbonyl (C=O) groups excluding carboxylic acids is 1. The van der Waals surface area contributed by atoms with Crippen molar-refractivity contribution < 1.29 is 9.90 Å². The van der Waals surface area contributed by atoms with Crippen LogP contribution in [-0.2, 0) is 9.90 Å². The molecular weight excluding hydrogens is 219 g/mol. The lowest BCUT2D eigenvalue weighted by atomic mass is 10.3. The zero-order valence-corrected chi connectivity index (χ0v) is 6.68. The average Bonchev–Trinajstić information content (AvgIpc) is 1.66. The number of alkyl halides is 1. The summed E-state index contributed by atoms with van der Waals surface area (Å²) in [5.74, 6) is -0.935. The van der Waals surface area contributed by atoms with Gasteiger partial charge in [-0.15, -0.1) is 0 Å². The van der Waals surface area contributed by atoms with Gasteiger partial charge in [-0.2, -0.15) is 0 Å². The summed E-state index contributed by atoms with van der Waals surface area (Å²) >= 11 is 2.22. The van der Waals surface area contributed by atoms with Crippen molar-refractivity contribution in [1.82, 2.24) is 0 Å². The van der Waals surface area contributed by atoms with Gasteiger partial charge in [-0.25, -0.2) is 9.90 Å². The van der Waals surface area contributed by atoms with Gasteiger partial charge in [0.15, 0.2) is 0 Å². The minimum absolute atomic E-state index is 0.211. The van der Waals surface area contributed by atoms with Crippen LogP contribution in [0, 0.1) is 0 Å². The van der Waals surface area contributed by atoms with Gasteiger partial charge < -0.3 is 0 Å². The van der Waals surface area contributed by atoms with E-state index in [2.05, 4.69) is 22.6 Å². The molecule has 0 aromatic heterocycles. The Morgan fingerprint density at radius 3 is 2.38 bits per heavy atom. The standard InChI is InChI=1S/C5H8IO2/c6-4-2-1-3-5(7)8/h1-4H2. The van der Waals surface area contributed by atoms with E-state index in [1.54, 1.807) is 0 Å². The number of unbranched alkanes of at least 4 members (excludes halogenated alkanes) is 1. The van der Waals surface area contributed by atoms with Crippen LogP contribution in [-0.4, -0.2) is 10.4 Å². The molecule has 0 fully saturated rings. The summed E-state index contributed by atoms with van der Waals surface area (Å²) < 4.78 is 1.03. The Morgan fingerprint density at radius 1 is 1.38 bits per heavy atom. The third-order valence-corrected chi connectivity index (χ3v) is 1.53. The average molecular weight is 227 g/mol. The molecule has 0 aliphatic rings. The zero-order chi connectivity index (χ0) is 6.41. The highest BCUT2D eigenvalue weighted by atomic mass is 127. The fourth-order valence-electron chi connectivity index (χ4n) is 0.364. The number of rotatable bonds is 4. The molecule has 3 heteroatoms. The molecule has 1 radical (unpaired) electrons. The monoisotopic (exact) mass is 227 g/mol. The molecule has 2 nitrogen and oxygen atoms in total. The first-order valence-corrected chi connectivity index (χ1v) is 4.05. The molecule has 0 rings (SSSR count). The van der Waals surface area contributed by atoms with E-state index in [0.29, 0.717) is 0 Å². The lowest BCUT2D eigenvalue weighted by molar-refractivity contribution is -0.143. The van der Waals surface area contributed by atoms with Gasteiger partial charge in [0.25, 0.3) is 0 Å². The van der Waals surface area contributed by atoms with Gasteiger partial charge in [-0.3, -0.25) is 0 Å². The molecule has 47 valence electrons. The maximum absolute atomic E-state index is 9.76. The summed E-state index contributed by atoms with van der Waals surface area (Å²) in [7, 11) is 0. The highest BCUT2D eigenvalue weighted by Crippen LogP contribution is 1.97. The van der Waals surface area contributed by atoms with Crippen molar-refractivity contribution in [2.45, 2.75) is 19.3 Å². The van der Waals surface area contributed by atoms with E-state index in [0.717, 1.165) is 17.3 Å². The van der Waals surface area contributed by atoms with Crippen molar-refractivity contribution in [1.29, 1.82) is 0 Å². The Labute approximate surface area is 62.4 Å². The second-order valence-electron chi connectivity index (χ2n) is 1.52. The Bertz CT molecular complexity index is 72.8. The molecular formula is C5H8IO2. The second kappa shape index (κ2) is 5.34. The molecule has 0 saturated carbocycles. The molecule has 0 aliphatic carbocycles. The van der Waals surface area contributed by atoms with E-state index in [9.17, 15) is 9.90 Å². The lowest BCUT2D eigenvalue weighted by Crippen LogP contribution is -1.91. The van der Waals surface area contributed by atoms with Gasteiger partial charge in [0.2, 0.25) is 0 Å². The van der Waals surface area contributed by atoms with Crippen molar-refractivity contribution >= 4 is 28.6 Å². The number of carbonyl (C=O) groups is 1. The van der Waals surface area contributed by atoms with Crippen molar-refractivity contribution in [2.75, 3.05) is 4.43 Å². The molecule has 0 N–H and O–H groups in total. The SMILES string of the molecule is [O]C(=O)CCCCI. The molecule has 0 heterocycles. The Hall–Kier alpha value is 0.200. The second-order valence-corrected chi connectivity index (χ2v) is 2.60. The van der Waals surface area contributed by atoms with Crippen LogP contribution in [0.5, 0.6) is 0 Å². The topological polar surface area (TPSA) is 37.0 Å². The fraction of sp³-hybridized carbons (Fsp3) is 0.800. The first-order chi connectivity index (χ1) is 3.77. The van der Waals surface area contributed by atoms with Crippen LogP contribution in [0.2, 0.25) is 0 Å². The minimum atomic E-state index is -0.935. The molecule has 0 amide bonds. The van der Waals surface area contributed by atoms with E-state index in [1.165, 1.54) is 0 Å². The summed E-state index contributed by atoms with van der Waals surface area (Å²) in [5.41, 5.74) is 0. The Balaban J connectivity index is 2.82. The molecule has 0 aromatic carbocycles. The summed E-state index contributed by atoms with van der Waals surface area (Å²) in [5, 5.41) is 9.76. The molecule has 0 unspecified atom stereocenters. The van der Waals surface area contributed by atoms with Gasteiger partial charge in [-0.1, -0.05) is 22.6 Å². The quantitative estimate of drug-likeness (QED) is 0.407. The van der Waals surface area contributed by atoms with Crippen molar-refractivity contribution in [3.05, 3.63) is 0 Å². The maximum atomic E-state index is 9.76. The summed E-state index contributed by atoms with van der Waals surface area (Å²) in [4.78, 5) is 9.76. The van der Waals surface area contributed by atoms with Crippen molar-refractivity contribution in [2.24, 2.45) is 0 Å². The number of halogens is 1. The van der Waals surface area contributed by atoms with Gasteiger partial charge in [-0.05, 0) is 17.3 Å². The van der Waals surface area contributed by atoms with Crippen LogP contribution in [0.25, 0.3) is 0 Å². The predicted octanol–water partition coefficient (Wildman–Crippen LogP) is 1.55. The summed E-state index contributed by atoms with van der Waals surface area (Å²) in [6.45, 7) is 0. The first-order valence-electron chi connectivity index (χ1n) is 2.53. The highest BCUT2D eigenvalue weighted by molar-refractivity contribution is 14.1. The first kappa shape index (κ1) is 8.20. The van der Waals surface area contributed by atoms with E-state index < -0.39 is 5.97 Å². The van der Waals surface area contributed by atoms with Crippen LogP contribution >= 0.6 is 22.6 Å². The van der Waals surface area contributed by atoms with Crippen LogP contribution in [0.3, 0.4) is 0 Å². The van der Waals surface area contributed by atoms with Crippen LogP contribution in [0.15, 0.2) is 0 Å². The summed E-state index contributed by atoms with van der Waals surface area (Å²) in [6.07, 6.45) is 1.95. The number of hydrogen-bond acceptors (Lipinski definition) is 1. The molecule has 0 aromatic rings. The minimum Gasteiger partial charge on any atom is -0.247 e. The van der Waals surface area contributed by atoms with Crippen LogP contribution in [0.4, 0.5) is 0 Å². The van der Waals surface area contributed by atoms with E-state index in [-0.39, 0.29) is 6.42 Å². The van der Waals surface area contributed by atoms with Gasteiger partial charge in [0, 0.05) is 0 Å². The maximum Gasteiger partial charge on any atom is 0.355 e. The number of hydrogen-bond donors (Lipinski definition) is 0. The normalized spacial score (nSPS) is 9.12. The third-order valence-electron chi connectivity index (χ3n) is 0.765. The molecule has 8 heavy (non-hydrogen) atoms. The predicted molar refractivity (Wildman–Crippen MR) is 38.4 cm³/mol. The van der Waals surface area contributed by atoms with Crippen LogP contribution < -0.4 is 0 Å². The van der Waals surface area contributed by atoms with E-state index in [4.69, 9.17) is 0 Å². The molecule has 0 saturated heterocycles. The molecule has 0 spiro atoms. The molecule has 0 aliphatic heterocycles. The van der Waals surface area contributed by atoms with E-state index >= 15 is 0 Å². The van der Waals surface area contributed by atoms with E-state index in [1.807, 2.05) is 0 Å². The smallest absolute Gasteiger partial charge is 0.247 e. The van der Waals surface area contributed by atoms with Gasteiger partial charge >= 0.3 is 5.97 Å². The third kappa shape index (κ3) is 6.20. The van der Waals surface area contributed by atoms with Gasteiger partial charge in [0.1, 0.15) is 0 Å². The Kier molecular flexibility index (Phi) is 5.47. The fourth-order valence-corrected chi connectivity index (χ4v) is 0.903. The lowest BCUT2D eigenvalue weighted by Gasteiger charge is -1.86. The zero-order valence-electron chi connectivity index (χ0n) is 4.52. The molecule has 0 bridgehead atoms.